The molecule has 4 saturated carbocycles. The molecule has 0 unspecified atom stereocenters. The Morgan fingerprint density at radius 2 is 1.75 bits per heavy atom. The Morgan fingerprint density at radius 1 is 1.12 bits per heavy atom. The van der Waals surface area contributed by atoms with Crippen LogP contribution in [0.5, 0.6) is 0 Å². The SMILES string of the molecule is CN=C(NCc1nc(C)c(C)o1)NCC12CC3CC(CC(C3)C1)C2. The number of nitrogens with zero attached hydrogens (tertiary/aromatic N) is 2. The normalized spacial score (nSPS) is 34.6. The van der Waals surface area contributed by atoms with E-state index in [1.807, 2.05) is 20.9 Å². The number of hydrogen-bond donors (Lipinski definition) is 2. The van der Waals surface area contributed by atoms with E-state index >= 15 is 0 Å². The number of nitrogens with one attached hydrogen (secondary N) is 2. The van der Waals surface area contributed by atoms with Gasteiger partial charge in [-0.25, -0.2) is 4.98 Å². The second-order valence-corrected chi connectivity index (χ2v) is 8.45. The number of aromatic nitrogens is 1. The molecule has 0 radical (unpaired) electrons. The summed E-state index contributed by atoms with van der Waals surface area (Å²) in [6, 6.07) is 0. The average Bonchev–Trinajstić information content (AvgIpc) is 2.84. The van der Waals surface area contributed by atoms with Crippen molar-refractivity contribution in [1.82, 2.24) is 15.6 Å². The molecule has 0 atom stereocenters. The van der Waals surface area contributed by atoms with Crippen LogP contribution in [0.2, 0.25) is 0 Å². The van der Waals surface area contributed by atoms with E-state index in [4.69, 9.17) is 4.42 Å². The highest BCUT2D eigenvalue weighted by molar-refractivity contribution is 5.79. The first-order chi connectivity index (χ1) is 11.5. The number of aliphatic imine (C=N–C) groups is 1. The van der Waals surface area contributed by atoms with Crippen molar-refractivity contribution < 1.29 is 4.42 Å². The van der Waals surface area contributed by atoms with Crippen LogP contribution in [0.1, 0.15) is 55.9 Å². The third kappa shape index (κ3) is 3.05. The molecule has 2 N–H and O–H groups in total. The summed E-state index contributed by atoms with van der Waals surface area (Å²) in [4.78, 5) is 8.79. The zero-order valence-electron chi connectivity index (χ0n) is 15.2. The van der Waals surface area contributed by atoms with Crippen molar-refractivity contribution in [3.8, 4) is 0 Å². The summed E-state index contributed by atoms with van der Waals surface area (Å²) in [5.74, 6) is 5.45. The van der Waals surface area contributed by atoms with E-state index in [0.29, 0.717) is 12.0 Å². The molecule has 5 heteroatoms. The van der Waals surface area contributed by atoms with Gasteiger partial charge in [0.2, 0.25) is 5.89 Å². The molecule has 0 aromatic carbocycles. The lowest BCUT2D eigenvalue weighted by Gasteiger charge is -2.57. The molecule has 4 bridgehead atoms. The highest BCUT2D eigenvalue weighted by Crippen LogP contribution is 2.59. The fourth-order valence-corrected chi connectivity index (χ4v) is 5.77. The number of hydrogen-bond acceptors (Lipinski definition) is 3. The molecule has 24 heavy (non-hydrogen) atoms. The summed E-state index contributed by atoms with van der Waals surface area (Å²) in [5, 5.41) is 6.93. The summed E-state index contributed by atoms with van der Waals surface area (Å²) in [7, 11) is 1.83. The van der Waals surface area contributed by atoms with E-state index in [0.717, 1.165) is 47.6 Å². The van der Waals surface area contributed by atoms with Crippen LogP contribution < -0.4 is 10.6 Å². The third-order valence-electron chi connectivity index (χ3n) is 6.50. The highest BCUT2D eigenvalue weighted by Gasteiger charge is 2.50. The fraction of sp³-hybridized carbons (Fsp3) is 0.789. The summed E-state index contributed by atoms with van der Waals surface area (Å²) < 4.78 is 5.63. The van der Waals surface area contributed by atoms with Gasteiger partial charge in [-0.3, -0.25) is 4.99 Å². The molecule has 5 rings (SSSR count). The van der Waals surface area contributed by atoms with Crippen LogP contribution in [0, 0.1) is 37.0 Å². The van der Waals surface area contributed by atoms with Crippen molar-refractivity contribution in [2.75, 3.05) is 13.6 Å². The van der Waals surface area contributed by atoms with Crippen LogP contribution >= 0.6 is 0 Å². The third-order valence-corrected chi connectivity index (χ3v) is 6.50. The Balaban J connectivity index is 1.32. The predicted octanol–water partition coefficient (Wildman–Crippen LogP) is 3.17. The minimum atomic E-state index is 0.516. The maximum absolute atomic E-state index is 5.63. The minimum Gasteiger partial charge on any atom is -0.444 e. The molecule has 1 aromatic heterocycles. The molecular weight excluding hydrogens is 300 g/mol. The van der Waals surface area contributed by atoms with Crippen molar-refractivity contribution >= 4 is 5.96 Å². The summed E-state index contributed by atoms with van der Waals surface area (Å²) in [5.41, 5.74) is 1.48. The van der Waals surface area contributed by atoms with Crippen LogP contribution in [0.15, 0.2) is 9.41 Å². The second kappa shape index (κ2) is 6.08. The summed E-state index contributed by atoms with van der Waals surface area (Å²) >= 11 is 0. The lowest BCUT2D eigenvalue weighted by molar-refractivity contribution is -0.0492. The average molecular weight is 330 g/mol. The molecule has 0 spiro atoms. The van der Waals surface area contributed by atoms with Gasteiger partial charge >= 0.3 is 0 Å². The molecule has 0 saturated heterocycles. The van der Waals surface area contributed by atoms with Crippen molar-refractivity contribution in [3.63, 3.8) is 0 Å². The summed E-state index contributed by atoms with van der Waals surface area (Å²) in [6.07, 6.45) is 8.74. The number of oxazole rings is 1. The lowest BCUT2D eigenvalue weighted by atomic mass is 9.49. The van der Waals surface area contributed by atoms with Gasteiger partial charge in [0, 0.05) is 13.6 Å². The number of aryl methyl sites for hydroxylation is 2. The molecule has 0 amide bonds. The maximum atomic E-state index is 5.63. The Kier molecular flexibility index (Phi) is 4.05. The first kappa shape index (κ1) is 16.0. The van der Waals surface area contributed by atoms with Crippen molar-refractivity contribution in [2.24, 2.45) is 28.2 Å². The second-order valence-electron chi connectivity index (χ2n) is 8.45. The molecule has 4 aliphatic rings. The van der Waals surface area contributed by atoms with Gasteiger partial charge in [-0.15, -0.1) is 0 Å². The molecule has 1 heterocycles. The van der Waals surface area contributed by atoms with Gasteiger partial charge in [0.05, 0.1) is 12.2 Å². The van der Waals surface area contributed by atoms with E-state index in [1.54, 1.807) is 0 Å². The Morgan fingerprint density at radius 3 is 2.25 bits per heavy atom. The minimum absolute atomic E-state index is 0.516. The molecule has 0 aliphatic heterocycles. The van der Waals surface area contributed by atoms with Crippen molar-refractivity contribution in [2.45, 2.75) is 58.9 Å². The fourth-order valence-electron chi connectivity index (χ4n) is 5.77. The van der Waals surface area contributed by atoms with Crippen molar-refractivity contribution in [1.29, 1.82) is 0 Å². The molecule has 4 fully saturated rings. The van der Waals surface area contributed by atoms with Gasteiger partial charge in [0.15, 0.2) is 5.96 Å². The smallest absolute Gasteiger partial charge is 0.214 e. The van der Waals surface area contributed by atoms with E-state index in [9.17, 15) is 0 Å². The van der Waals surface area contributed by atoms with Crippen LogP contribution in [0.4, 0.5) is 0 Å². The first-order valence-corrected chi connectivity index (χ1v) is 9.43. The Hall–Kier alpha value is -1.52. The molecule has 1 aromatic rings. The Bertz CT molecular complexity index is 579. The first-order valence-electron chi connectivity index (χ1n) is 9.43. The predicted molar refractivity (Wildman–Crippen MR) is 94.8 cm³/mol. The molecule has 4 aliphatic carbocycles. The van der Waals surface area contributed by atoms with Gasteiger partial charge in [-0.05, 0) is 75.5 Å². The van der Waals surface area contributed by atoms with E-state index < -0.39 is 0 Å². The molecule has 132 valence electrons. The largest absolute Gasteiger partial charge is 0.444 e. The van der Waals surface area contributed by atoms with Crippen molar-refractivity contribution in [3.05, 3.63) is 17.3 Å². The maximum Gasteiger partial charge on any atom is 0.214 e. The van der Waals surface area contributed by atoms with Gasteiger partial charge in [-0.1, -0.05) is 0 Å². The number of guanidine groups is 1. The van der Waals surface area contributed by atoms with Crippen LogP contribution in [-0.2, 0) is 6.54 Å². The number of rotatable bonds is 4. The molecule has 5 nitrogen and oxygen atoms in total. The van der Waals surface area contributed by atoms with Gasteiger partial charge in [-0.2, -0.15) is 0 Å². The monoisotopic (exact) mass is 330 g/mol. The standard InChI is InChI=1S/C19H30N4O/c1-12-13(2)24-17(23-12)10-21-18(20-3)22-11-19-7-14-4-15(8-19)6-16(5-14)9-19/h14-16H,4-11H2,1-3H3,(H2,20,21,22). The quantitative estimate of drug-likeness (QED) is 0.657. The summed E-state index contributed by atoms with van der Waals surface area (Å²) in [6.45, 7) is 5.56. The topological polar surface area (TPSA) is 62.5 Å². The van der Waals surface area contributed by atoms with Gasteiger partial charge in [0.25, 0.3) is 0 Å². The zero-order chi connectivity index (χ0) is 16.7. The molecular formula is C19H30N4O. The van der Waals surface area contributed by atoms with E-state index in [-0.39, 0.29) is 0 Å². The van der Waals surface area contributed by atoms with Gasteiger partial charge < -0.3 is 15.1 Å². The zero-order valence-corrected chi connectivity index (χ0v) is 15.2. The highest BCUT2D eigenvalue weighted by atomic mass is 16.4. The van der Waals surface area contributed by atoms with Gasteiger partial charge in [0.1, 0.15) is 5.76 Å². The Labute approximate surface area is 144 Å². The van der Waals surface area contributed by atoms with Crippen LogP contribution in [0.3, 0.4) is 0 Å². The van der Waals surface area contributed by atoms with E-state index in [1.165, 1.54) is 38.5 Å². The van der Waals surface area contributed by atoms with E-state index in [2.05, 4.69) is 20.6 Å². The lowest BCUT2D eigenvalue weighted by Crippen LogP contribution is -2.52. The van der Waals surface area contributed by atoms with Crippen LogP contribution in [-0.4, -0.2) is 24.5 Å². The van der Waals surface area contributed by atoms with Crippen LogP contribution in [0.25, 0.3) is 0 Å².